The van der Waals surface area contributed by atoms with Crippen LogP contribution in [0, 0.1) is 0 Å². The van der Waals surface area contributed by atoms with Crippen LogP contribution < -0.4 is 10.2 Å². The van der Waals surface area contributed by atoms with E-state index in [1.54, 1.807) is 23.1 Å². The first-order chi connectivity index (χ1) is 9.40. The molecule has 1 aliphatic rings. The lowest BCUT2D eigenvalue weighted by atomic mass is 10.2. The summed E-state index contributed by atoms with van der Waals surface area (Å²) in [5, 5.41) is 3.29. The Bertz CT molecular complexity index is 636. The predicted octanol–water partition coefficient (Wildman–Crippen LogP) is 1.78. The number of nitrogens with one attached hydrogen (secondary N) is 1. The molecule has 0 aromatic heterocycles. The van der Waals surface area contributed by atoms with Crippen LogP contribution >= 0.6 is 0 Å². The van der Waals surface area contributed by atoms with E-state index in [4.69, 9.17) is 0 Å². The zero-order chi connectivity index (χ0) is 14.8. The summed E-state index contributed by atoms with van der Waals surface area (Å²) in [5.74, 6) is 0. The molecule has 1 heterocycles. The fraction of sp³-hybridized carbons (Fsp3) is 0.357. The zero-order valence-electron chi connectivity index (χ0n) is 11.7. The third-order valence-electron chi connectivity index (χ3n) is 2.93. The van der Waals surface area contributed by atoms with Crippen molar-refractivity contribution in [3.05, 3.63) is 36.4 Å². The van der Waals surface area contributed by atoms with Gasteiger partial charge in [-0.3, -0.25) is 0 Å². The largest absolute Gasteiger partial charge is 0.326 e. The van der Waals surface area contributed by atoms with Crippen LogP contribution in [0.5, 0.6) is 0 Å². The summed E-state index contributed by atoms with van der Waals surface area (Å²) >= 11 is 0. The number of sulfonamides is 1. The van der Waals surface area contributed by atoms with Gasteiger partial charge in [0.2, 0.25) is 0 Å². The number of fused-ring (bicyclic) bond motifs is 1. The third kappa shape index (κ3) is 3.26. The summed E-state index contributed by atoms with van der Waals surface area (Å²) < 4.78 is 27.4. The number of anilines is 1. The highest BCUT2D eigenvalue weighted by Gasteiger charge is 2.24. The number of rotatable bonds is 5. The van der Waals surface area contributed by atoms with Gasteiger partial charge in [-0.05, 0) is 17.7 Å². The Morgan fingerprint density at radius 2 is 2.10 bits per heavy atom. The standard InChI is InChI=1S/C14H19N3O2S/c1-11(2)15-8-12(3)9-17-10-16-20(18,19)14-7-5-4-6-13(14)17/h4-7,10-11,15H,3,8-9H2,1-2H3. The van der Waals surface area contributed by atoms with E-state index in [2.05, 4.69) is 30.1 Å². The highest BCUT2D eigenvalue weighted by molar-refractivity contribution is 7.90. The van der Waals surface area contributed by atoms with Crippen molar-refractivity contribution in [1.29, 1.82) is 0 Å². The maximum absolute atomic E-state index is 11.9. The van der Waals surface area contributed by atoms with Gasteiger partial charge in [0.1, 0.15) is 11.2 Å². The van der Waals surface area contributed by atoms with Crippen LogP contribution in [0.2, 0.25) is 0 Å². The Hall–Kier alpha value is -1.66. The third-order valence-corrected chi connectivity index (χ3v) is 4.21. The van der Waals surface area contributed by atoms with Crippen LogP contribution in [0.15, 0.2) is 45.7 Å². The van der Waals surface area contributed by atoms with E-state index < -0.39 is 10.0 Å². The van der Waals surface area contributed by atoms with Crippen molar-refractivity contribution in [3.63, 3.8) is 0 Å². The molecule has 1 aliphatic heterocycles. The van der Waals surface area contributed by atoms with E-state index in [9.17, 15) is 8.42 Å². The van der Waals surface area contributed by atoms with Crippen LogP contribution in [0.4, 0.5) is 5.69 Å². The number of nitrogens with zero attached hydrogens (tertiary/aromatic N) is 2. The molecule has 0 atom stereocenters. The first kappa shape index (κ1) is 14.7. The smallest absolute Gasteiger partial charge is 0.285 e. The minimum Gasteiger partial charge on any atom is -0.326 e. The van der Waals surface area contributed by atoms with Crippen molar-refractivity contribution in [1.82, 2.24) is 5.32 Å². The second kappa shape index (κ2) is 5.76. The van der Waals surface area contributed by atoms with Crippen LogP contribution in [0.1, 0.15) is 13.8 Å². The fourth-order valence-corrected chi connectivity index (χ4v) is 2.97. The number of benzene rings is 1. The molecule has 0 spiro atoms. The van der Waals surface area contributed by atoms with Crippen molar-refractivity contribution >= 4 is 22.0 Å². The molecule has 1 aromatic carbocycles. The van der Waals surface area contributed by atoms with Gasteiger partial charge in [0.15, 0.2) is 0 Å². The molecule has 0 fully saturated rings. The topological polar surface area (TPSA) is 61.8 Å². The molecule has 0 aliphatic carbocycles. The van der Waals surface area contributed by atoms with Gasteiger partial charge in [-0.1, -0.05) is 32.6 Å². The lowest BCUT2D eigenvalue weighted by Gasteiger charge is -2.26. The molecule has 0 unspecified atom stereocenters. The fourth-order valence-electron chi connectivity index (χ4n) is 1.92. The number of hydrogen-bond acceptors (Lipinski definition) is 4. The Morgan fingerprint density at radius 1 is 1.40 bits per heavy atom. The van der Waals surface area contributed by atoms with Crippen molar-refractivity contribution in [2.24, 2.45) is 4.40 Å². The van der Waals surface area contributed by atoms with Crippen molar-refractivity contribution in [2.45, 2.75) is 24.8 Å². The second-order valence-corrected chi connectivity index (χ2v) is 6.68. The molecule has 20 heavy (non-hydrogen) atoms. The molecule has 0 amide bonds. The maximum atomic E-state index is 11.9. The second-order valence-electron chi connectivity index (χ2n) is 5.08. The lowest BCUT2D eigenvalue weighted by Crippen LogP contribution is -2.33. The molecule has 0 bridgehead atoms. The SMILES string of the molecule is C=C(CNC(C)C)CN1C=NS(=O)(=O)c2ccccc21. The van der Waals surface area contributed by atoms with Crippen molar-refractivity contribution in [3.8, 4) is 0 Å². The molecule has 6 heteroatoms. The molecule has 0 saturated heterocycles. The Labute approximate surface area is 120 Å². The summed E-state index contributed by atoms with van der Waals surface area (Å²) in [7, 11) is -3.55. The van der Waals surface area contributed by atoms with E-state index >= 15 is 0 Å². The molecule has 2 rings (SSSR count). The lowest BCUT2D eigenvalue weighted by molar-refractivity contribution is 0.597. The molecule has 108 valence electrons. The van der Waals surface area contributed by atoms with E-state index in [1.165, 1.54) is 6.34 Å². The van der Waals surface area contributed by atoms with Crippen molar-refractivity contribution < 1.29 is 8.42 Å². The average molecular weight is 293 g/mol. The number of hydrogen-bond donors (Lipinski definition) is 1. The van der Waals surface area contributed by atoms with Crippen LogP contribution in [0.3, 0.4) is 0 Å². The van der Waals surface area contributed by atoms with Gasteiger partial charge in [0.25, 0.3) is 10.0 Å². The van der Waals surface area contributed by atoms with Crippen LogP contribution in [-0.4, -0.2) is 33.9 Å². The normalized spacial score (nSPS) is 16.2. The molecule has 1 aromatic rings. The molecular weight excluding hydrogens is 274 g/mol. The average Bonchev–Trinajstić information content (AvgIpc) is 2.40. The van der Waals surface area contributed by atoms with E-state index in [1.807, 2.05) is 6.07 Å². The maximum Gasteiger partial charge on any atom is 0.285 e. The van der Waals surface area contributed by atoms with Crippen LogP contribution in [0.25, 0.3) is 0 Å². The van der Waals surface area contributed by atoms with Gasteiger partial charge in [-0.25, -0.2) is 0 Å². The summed E-state index contributed by atoms with van der Waals surface area (Å²) in [4.78, 5) is 2.05. The van der Waals surface area contributed by atoms with Gasteiger partial charge < -0.3 is 10.2 Å². The first-order valence-corrected chi connectivity index (χ1v) is 7.90. The quantitative estimate of drug-likeness (QED) is 0.841. The van der Waals surface area contributed by atoms with Gasteiger partial charge in [-0.2, -0.15) is 8.42 Å². The summed E-state index contributed by atoms with van der Waals surface area (Å²) in [6.07, 6.45) is 1.36. The summed E-state index contributed by atoms with van der Waals surface area (Å²) in [6, 6.07) is 7.25. The summed E-state index contributed by atoms with van der Waals surface area (Å²) in [6.45, 7) is 9.38. The predicted molar refractivity (Wildman–Crippen MR) is 81.7 cm³/mol. The Morgan fingerprint density at radius 3 is 2.80 bits per heavy atom. The van der Waals surface area contributed by atoms with Gasteiger partial charge in [0, 0.05) is 19.1 Å². The number of para-hydroxylation sites is 1. The monoisotopic (exact) mass is 293 g/mol. The highest BCUT2D eigenvalue weighted by Crippen LogP contribution is 2.29. The summed E-state index contributed by atoms with van der Waals surface area (Å²) in [5.41, 5.74) is 1.62. The molecular formula is C14H19N3O2S. The zero-order valence-corrected chi connectivity index (χ0v) is 12.5. The van der Waals surface area contributed by atoms with E-state index in [-0.39, 0.29) is 4.90 Å². The first-order valence-electron chi connectivity index (χ1n) is 6.46. The van der Waals surface area contributed by atoms with E-state index in [0.29, 0.717) is 24.8 Å². The Kier molecular flexibility index (Phi) is 4.25. The van der Waals surface area contributed by atoms with Gasteiger partial charge >= 0.3 is 0 Å². The van der Waals surface area contributed by atoms with E-state index in [0.717, 1.165) is 5.57 Å². The van der Waals surface area contributed by atoms with Gasteiger partial charge in [0.05, 0.1) is 5.69 Å². The van der Waals surface area contributed by atoms with Gasteiger partial charge in [-0.15, -0.1) is 4.40 Å². The highest BCUT2D eigenvalue weighted by atomic mass is 32.2. The molecule has 0 saturated carbocycles. The molecule has 1 N–H and O–H groups in total. The molecule has 0 radical (unpaired) electrons. The minimum absolute atomic E-state index is 0.243. The molecule has 5 nitrogen and oxygen atoms in total. The van der Waals surface area contributed by atoms with Crippen molar-refractivity contribution in [2.75, 3.05) is 18.0 Å². The minimum atomic E-state index is -3.55. The van der Waals surface area contributed by atoms with Crippen LogP contribution in [-0.2, 0) is 10.0 Å². The Balaban J connectivity index is 2.17.